The Morgan fingerprint density at radius 1 is 1.32 bits per heavy atom. The Kier molecular flexibility index (Phi) is 3.71. The van der Waals surface area contributed by atoms with Crippen molar-refractivity contribution in [3.05, 3.63) is 46.1 Å². The van der Waals surface area contributed by atoms with Gasteiger partial charge in [0.25, 0.3) is 5.91 Å². The summed E-state index contributed by atoms with van der Waals surface area (Å²) in [6.07, 6.45) is 1.38. The van der Waals surface area contributed by atoms with Gasteiger partial charge in [0.1, 0.15) is 11.6 Å². The lowest BCUT2D eigenvalue weighted by atomic mass is 10.2. The van der Waals surface area contributed by atoms with Crippen molar-refractivity contribution in [3.8, 4) is 11.5 Å². The summed E-state index contributed by atoms with van der Waals surface area (Å²) in [6, 6.07) is 6.99. The van der Waals surface area contributed by atoms with Crippen LogP contribution < -0.4 is 16.2 Å². The maximum atomic E-state index is 11.4. The number of nitrogens with zero attached hydrogens (tertiary/aromatic N) is 1. The van der Waals surface area contributed by atoms with Crippen LogP contribution in [0.25, 0.3) is 0 Å². The molecule has 0 radical (unpaired) electrons. The number of carbonyl (C=O) groups is 1. The molecule has 0 saturated carbocycles. The average molecular weight is 322 g/mol. The number of primary amides is 1. The molecule has 1 amide bonds. The van der Waals surface area contributed by atoms with Crippen LogP contribution in [0.4, 0.5) is 5.82 Å². The smallest absolute Gasteiger partial charge is 0.252 e. The lowest BCUT2D eigenvalue weighted by Gasteiger charge is -2.11. The van der Waals surface area contributed by atoms with Gasteiger partial charge in [-0.05, 0) is 30.7 Å². The van der Waals surface area contributed by atoms with E-state index in [-0.39, 0.29) is 17.1 Å². The number of carbonyl (C=O) groups excluding carboxylic acids is 1. The van der Waals surface area contributed by atoms with Gasteiger partial charge in [0.2, 0.25) is 0 Å². The summed E-state index contributed by atoms with van der Waals surface area (Å²) < 4.78 is 6.56. The van der Waals surface area contributed by atoms with Gasteiger partial charge in [0, 0.05) is 4.47 Å². The van der Waals surface area contributed by atoms with Crippen LogP contribution >= 0.6 is 15.9 Å². The van der Waals surface area contributed by atoms with Crippen molar-refractivity contribution in [2.45, 2.75) is 6.92 Å². The number of nitrogens with two attached hydrogens (primary N) is 2. The summed E-state index contributed by atoms with van der Waals surface area (Å²) in [6.45, 7) is 1.90. The molecule has 0 aliphatic carbocycles. The molecule has 19 heavy (non-hydrogen) atoms. The number of aryl methyl sites for hydroxylation is 1. The van der Waals surface area contributed by atoms with Gasteiger partial charge in [-0.25, -0.2) is 4.98 Å². The Morgan fingerprint density at radius 3 is 2.74 bits per heavy atom. The van der Waals surface area contributed by atoms with Crippen molar-refractivity contribution in [1.82, 2.24) is 4.98 Å². The molecule has 98 valence electrons. The van der Waals surface area contributed by atoms with E-state index in [0.29, 0.717) is 5.75 Å². The third kappa shape index (κ3) is 3.03. The number of benzene rings is 1. The second-order valence-electron chi connectivity index (χ2n) is 3.98. The topological polar surface area (TPSA) is 91.2 Å². The molecular formula is C13H12BrN3O2. The van der Waals surface area contributed by atoms with Crippen molar-refractivity contribution in [1.29, 1.82) is 0 Å². The quantitative estimate of drug-likeness (QED) is 0.909. The van der Waals surface area contributed by atoms with Crippen molar-refractivity contribution < 1.29 is 9.53 Å². The Hall–Kier alpha value is -2.08. The van der Waals surface area contributed by atoms with E-state index >= 15 is 0 Å². The Bertz CT molecular complexity index is 644. The molecule has 0 bridgehead atoms. The van der Waals surface area contributed by atoms with Gasteiger partial charge in [0.15, 0.2) is 5.75 Å². The van der Waals surface area contributed by atoms with Gasteiger partial charge in [-0.2, -0.15) is 0 Å². The molecular weight excluding hydrogens is 310 g/mol. The first-order valence-electron chi connectivity index (χ1n) is 5.46. The second kappa shape index (κ2) is 5.27. The summed E-state index contributed by atoms with van der Waals surface area (Å²) in [4.78, 5) is 15.3. The van der Waals surface area contributed by atoms with Gasteiger partial charge in [-0.3, -0.25) is 4.79 Å². The molecule has 1 aromatic heterocycles. The fraction of sp³-hybridized carbons (Fsp3) is 0.0769. The van der Waals surface area contributed by atoms with E-state index < -0.39 is 5.91 Å². The lowest BCUT2D eigenvalue weighted by molar-refractivity contribution is 0.0998. The first-order chi connectivity index (χ1) is 8.97. The summed E-state index contributed by atoms with van der Waals surface area (Å²) in [5, 5.41) is 0. The molecule has 6 heteroatoms. The van der Waals surface area contributed by atoms with E-state index in [1.54, 1.807) is 6.07 Å². The van der Waals surface area contributed by atoms with Crippen LogP contribution in [-0.2, 0) is 0 Å². The van der Waals surface area contributed by atoms with Gasteiger partial charge in [-0.15, -0.1) is 0 Å². The number of hydrogen-bond donors (Lipinski definition) is 2. The minimum atomic E-state index is -0.614. The van der Waals surface area contributed by atoms with Crippen LogP contribution in [0.5, 0.6) is 11.5 Å². The van der Waals surface area contributed by atoms with Gasteiger partial charge >= 0.3 is 0 Å². The first kappa shape index (κ1) is 13.4. The third-order valence-corrected chi connectivity index (χ3v) is 3.02. The van der Waals surface area contributed by atoms with Crippen molar-refractivity contribution in [3.63, 3.8) is 0 Å². The minimum Gasteiger partial charge on any atom is -0.455 e. The molecule has 0 spiro atoms. The number of anilines is 1. The summed E-state index contributed by atoms with van der Waals surface area (Å²) in [5.41, 5.74) is 12.0. The maximum absolute atomic E-state index is 11.4. The highest BCUT2D eigenvalue weighted by Gasteiger charge is 2.13. The number of hydrogen-bond acceptors (Lipinski definition) is 4. The molecule has 0 saturated heterocycles. The zero-order valence-electron chi connectivity index (χ0n) is 10.2. The number of halogens is 1. The average Bonchev–Trinajstić information content (AvgIpc) is 2.35. The third-order valence-electron chi connectivity index (χ3n) is 2.52. The van der Waals surface area contributed by atoms with Crippen molar-refractivity contribution in [2.24, 2.45) is 5.73 Å². The lowest BCUT2D eigenvalue weighted by Crippen LogP contribution is -2.13. The normalized spacial score (nSPS) is 10.2. The highest BCUT2D eigenvalue weighted by atomic mass is 79.9. The van der Waals surface area contributed by atoms with Gasteiger partial charge in [0.05, 0.1) is 11.8 Å². The molecule has 5 nitrogen and oxygen atoms in total. The van der Waals surface area contributed by atoms with Crippen LogP contribution in [-0.4, -0.2) is 10.9 Å². The Balaban J connectivity index is 2.43. The SMILES string of the molecule is Cc1ccc(Br)cc1Oc1cnc(N)cc1C(N)=O. The molecule has 2 aromatic rings. The van der Waals surface area contributed by atoms with Crippen molar-refractivity contribution >= 4 is 27.7 Å². The maximum Gasteiger partial charge on any atom is 0.252 e. The van der Waals surface area contributed by atoms with Crippen molar-refractivity contribution in [2.75, 3.05) is 5.73 Å². The van der Waals surface area contributed by atoms with Gasteiger partial charge in [-0.1, -0.05) is 22.0 Å². The predicted molar refractivity (Wildman–Crippen MR) is 76.1 cm³/mol. The largest absolute Gasteiger partial charge is 0.455 e. The standard InChI is InChI=1S/C13H12BrN3O2/c1-7-2-3-8(14)4-10(7)19-11-6-17-12(15)5-9(11)13(16)18/h2-6H,1H3,(H2,15,17)(H2,16,18). The molecule has 0 fully saturated rings. The fourth-order valence-electron chi connectivity index (χ4n) is 1.54. The summed E-state index contributed by atoms with van der Waals surface area (Å²) >= 11 is 3.36. The fourth-order valence-corrected chi connectivity index (χ4v) is 1.88. The van der Waals surface area contributed by atoms with E-state index in [0.717, 1.165) is 10.0 Å². The summed E-state index contributed by atoms with van der Waals surface area (Å²) in [7, 11) is 0. The van der Waals surface area contributed by atoms with E-state index in [2.05, 4.69) is 20.9 Å². The molecule has 0 aliphatic rings. The summed E-state index contributed by atoms with van der Waals surface area (Å²) in [5.74, 6) is 0.496. The molecule has 1 aromatic carbocycles. The van der Waals surface area contributed by atoms with E-state index in [4.69, 9.17) is 16.2 Å². The predicted octanol–water partition coefficient (Wildman–Crippen LogP) is 2.63. The van der Waals surface area contributed by atoms with Crippen LogP contribution in [0.1, 0.15) is 15.9 Å². The molecule has 0 atom stereocenters. The first-order valence-corrected chi connectivity index (χ1v) is 6.26. The molecule has 0 unspecified atom stereocenters. The number of ether oxygens (including phenoxy) is 1. The molecule has 4 N–H and O–H groups in total. The zero-order valence-corrected chi connectivity index (χ0v) is 11.8. The van der Waals surface area contributed by atoms with E-state index in [9.17, 15) is 4.79 Å². The molecule has 2 rings (SSSR count). The molecule has 0 aliphatic heterocycles. The zero-order chi connectivity index (χ0) is 14.0. The number of pyridine rings is 1. The number of nitrogen functional groups attached to an aromatic ring is 1. The van der Waals surface area contributed by atoms with Gasteiger partial charge < -0.3 is 16.2 Å². The monoisotopic (exact) mass is 321 g/mol. The van der Waals surface area contributed by atoms with Crippen LogP contribution in [0, 0.1) is 6.92 Å². The second-order valence-corrected chi connectivity index (χ2v) is 4.90. The Morgan fingerprint density at radius 2 is 2.05 bits per heavy atom. The van der Waals surface area contributed by atoms with Crippen LogP contribution in [0.3, 0.4) is 0 Å². The van der Waals surface area contributed by atoms with Crippen LogP contribution in [0.15, 0.2) is 34.9 Å². The van der Waals surface area contributed by atoms with E-state index in [1.165, 1.54) is 12.3 Å². The minimum absolute atomic E-state index is 0.201. The Labute approximate surface area is 118 Å². The molecule has 1 heterocycles. The van der Waals surface area contributed by atoms with E-state index in [1.807, 2.05) is 19.1 Å². The highest BCUT2D eigenvalue weighted by Crippen LogP contribution is 2.30. The highest BCUT2D eigenvalue weighted by molar-refractivity contribution is 9.10. The number of aromatic nitrogens is 1. The number of rotatable bonds is 3. The number of amides is 1. The van der Waals surface area contributed by atoms with Crippen LogP contribution in [0.2, 0.25) is 0 Å².